The molecule has 1 unspecified atom stereocenters. The van der Waals surface area contributed by atoms with E-state index in [4.69, 9.17) is 15.3 Å². The van der Waals surface area contributed by atoms with Crippen molar-refractivity contribution < 1.29 is 29.7 Å². The SMILES string of the molecule is CCCCCCCCCC(C(=O)O)N1C(=O)C=CC1=O.OCCO. The smallest absolute Gasteiger partial charge is 0.326 e. The van der Waals surface area contributed by atoms with E-state index in [0.717, 1.165) is 42.7 Å². The Kier molecular flexibility index (Phi) is 12.7. The molecule has 0 spiro atoms. The molecule has 0 bridgehead atoms. The first-order valence-corrected chi connectivity index (χ1v) is 8.49. The molecule has 3 N–H and O–H groups in total. The van der Waals surface area contributed by atoms with Crippen LogP contribution in [0.5, 0.6) is 0 Å². The Morgan fingerprint density at radius 1 is 0.958 bits per heavy atom. The Balaban J connectivity index is 0.00000118. The molecule has 0 fully saturated rings. The van der Waals surface area contributed by atoms with Crippen molar-refractivity contribution in [3.63, 3.8) is 0 Å². The van der Waals surface area contributed by atoms with Gasteiger partial charge in [0.15, 0.2) is 0 Å². The number of carboxylic acid groups (broad SMARTS) is 1. The number of unbranched alkanes of at least 4 members (excludes halogenated alkanes) is 6. The van der Waals surface area contributed by atoms with Crippen LogP contribution in [0, 0.1) is 0 Å². The molecular formula is C17H29NO6. The Labute approximate surface area is 143 Å². The van der Waals surface area contributed by atoms with Crippen molar-refractivity contribution in [3.05, 3.63) is 12.2 Å². The zero-order chi connectivity index (χ0) is 18.4. The quantitative estimate of drug-likeness (QED) is 0.386. The summed E-state index contributed by atoms with van der Waals surface area (Å²) in [7, 11) is 0. The van der Waals surface area contributed by atoms with E-state index in [1.54, 1.807) is 0 Å². The summed E-state index contributed by atoms with van der Waals surface area (Å²) in [5, 5.41) is 24.4. The molecule has 0 saturated carbocycles. The highest BCUT2D eigenvalue weighted by molar-refractivity contribution is 6.14. The summed E-state index contributed by atoms with van der Waals surface area (Å²) in [5.41, 5.74) is 0. The van der Waals surface area contributed by atoms with Crippen LogP contribution in [0.3, 0.4) is 0 Å². The lowest BCUT2D eigenvalue weighted by atomic mass is 10.0. The van der Waals surface area contributed by atoms with Crippen LogP contribution in [-0.4, -0.2) is 57.3 Å². The maximum absolute atomic E-state index is 11.5. The van der Waals surface area contributed by atoms with Gasteiger partial charge in [-0.3, -0.25) is 14.5 Å². The van der Waals surface area contributed by atoms with Crippen LogP contribution in [0.25, 0.3) is 0 Å². The monoisotopic (exact) mass is 343 g/mol. The van der Waals surface area contributed by atoms with Crippen LogP contribution in [-0.2, 0) is 14.4 Å². The van der Waals surface area contributed by atoms with E-state index in [2.05, 4.69) is 6.92 Å². The third-order valence-electron chi connectivity index (χ3n) is 3.62. The second kappa shape index (κ2) is 13.7. The minimum atomic E-state index is -1.11. The van der Waals surface area contributed by atoms with Gasteiger partial charge in [0.25, 0.3) is 11.8 Å². The van der Waals surface area contributed by atoms with Gasteiger partial charge >= 0.3 is 5.97 Å². The number of carbonyl (C=O) groups excluding carboxylic acids is 2. The van der Waals surface area contributed by atoms with Crippen LogP contribution in [0.15, 0.2) is 12.2 Å². The number of nitrogens with zero attached hydrogens (tertiary/aromatic N) is 1. The second-order valence-corrected chi connectivity index (χ2v) is 5.59. The molecule has 1 rings (SSSR count). The van der Waals surface area contributed by atoms with Crippen LogP contribution in [0.4, 0.5) is 0 Å². The lowest BCUT2D eigenvalue weighted by molar-refractivity contribution is -0.153. The Hall–Kier alpha value is -1.73. The molecule has 0 aliphatic carbocycles. The van der Waals surface area contributed by atoms with Gasteiger partial charge in [-0.1, -0.05) is 51.9 Å². The number of imide groups is 1. The second-order valence-electron chi connectivity index (χ2n) is 5.59. The van der Waals surface area contributed by atoms with Gasteiger partial charge in [0.2, 0.25) is 0 Å². The predicted molar refractivity (Wildman–Crippen MR) is 89.2 cm³/mol. The number of amides is 2. The molecule has 24 heavy (non-hydrogen) atoms. The topological polar surface area (TPSA) is 115 Å². The standard InChI is InChI=1S/C15H23NO4.C2H6O2/c1-2-3-4-5-6-7-8-9-12(15(19)20)16-13(17)10-11-14(16)18;3-1-2-4/h10-12H,2-9H2,1H3,(H,19,20);3-4H,1-2H2. The van der Waals surface area contributed by atoms with Gasteiger partial charge in [0, 0.05) is 12.2 Å². The molecular weight excluding hydrogens is 314 g/mol. The van der Waals surface area contributed by atoms with E-state index in [0.29, 0.717) is 6.42 Å². The molecule has 1 atom stereocenters. The van der Waals surface area contributed by atoms with E-state index in [1.807, 2.05) is 0 Å². The summed E-state index contributed by atoms with van der Waals surface area (Å²) in [5.74, 6) is -2.16. The first kappa shape index (κ1) is 22.3. The van der Waals surface area contributed by atoms with E-state index >= 15 is 0 Å². The molecule has 0 saturated heterocycles. The molecule has 7 heteroatoms. The lowest BCUT2D eigenvalue weighted by Crippen LogP contribution is -2.44. The van der Waals surface area contributed by atoms with Crippen LogP contribution in [0.2, 0.25) is 0 Å². The minimum absolute atomic E-state index is 0.125. The van der Waals surface area contributed by atoms with E-state index in [-0.39, 0.29) is 13.2 Å². The first-order chi connectivity index (χ1) is 11.5. The van der Waals surface area contributed by atoms with Crippen LogP contribution in [0.1, 0.15) is 58.3 Å². The van der Waals surface area contributed by atoms with Crippen molar-refractivity contribution in [1.29, 1.82) is 0 Å². The number of aliphatic carboxylic acids is 1. The molecule has 7 nitrogen and oxygen atoms in total. The fourth-order valence-electron chi connectivity index (χ4n) is 2.38. The van der Waals surface area contributed by atoms with Crippen molar-refractivity contribution in [3.8, 4) is 0 Å². The van der Waals surface area contributed by atoms with Gasteiger partial charge in [-0.05, 0) is 6.42 Å². The van der Waals surface area contributed by atoms with E-state index in [1.165, 1.54) is 19.3 Å². The molecule has 0 aromatic rings. The van der Waals surface area contributed by atoms with Gasteiger partial charge in [0.1, 0.15) is 6.04 Å². The Bertz CT molecular complexity index is 401. The van der Waals surface area contributed by atoms with Crippen molar-refractivity contribution in [2.75, 3.05) is 13.2 Å². The molecule has 1 aliphatic rings. The number of aliphatic hydroxyl groups is 2. The van der Waals surface area contributed by atoms with Crippen molar-refractivity contribution in [1.82, 2.24) is 4.90 Å². The van der Waals surface area contributed by atoms with E-state index < -0.39 is 23.8 Å². The minimum Gasteiger partial charge on any atom is -0.480 e. The van der Waals surface area contributed by atoms with Crippen LogP contribution < -0.4 is 0 Å². The molecule has 138 valence electrons. The average Bonchev–Trinajstić information content (AvgIpc) is 2.89. The summed E-state index contributed by atoms with van der Waals surface area (Å²) in [6.45, 7) is 1.91. The Morgan fingerprint density at radius 3 is 1.83 bits per heavy atom. The number of aliphatic hydroxyl groups excluding tert-OH is 2. The number of hydrogen-bond acceptors (Lipinski definition) is 5. The summed E-state index contributed by atoms with van der Waals surface area (Å²) in [6, 6.07) is -1.03. The number of rotatable bonds is 11. The number of carbonyl (C=O) groups is 3. The van der Waals surface area contributed by atoms with Gasteiger partial charge in [0.05, 0.1) is 13.2 Å². The fourth-order valence-corrected chi connectivity index (χ4v) is 2.38. The van der Waals surface area contributed by atoms with Gasteiger partial charge < -0.3 is 15.3 Å². The van der Waals surface area contributed by atoms with Crippen molar-refractivity contribution in [2.24, 2.45) is 0 Å². The van der Waals surface area contributed by atoms with Gasteiger partial charge in [-0.15, -0.1) is 0 Å². The highest BCUT2D eigenvalue weighted by atomic mass is 16.4. The number of hydrogen-bond donors (Lipinski definition) is 3. The maximum atomic E-state index is 11.5. The normalized spacial score (nSPS) is 14.5. The van der Waals surface area contributed by atoms with Crippen molar-refractivity contribution >= 4 is 17.8 Å². The summed E-state index contributed by atoms with van der Waals surface area (Å²) in [4.78, 5) is 35.0. The fraction of sp³-hybridized carbons (Fsp3) is 0.706. The van der Waals surface area contributed by atoms with Gasteiger partial charge in [-0.2, -0.15) is 0 Å². The largest absolute Gasteiger partial charge is 0.480 e. The molecule has 0 aromatic carbocycles. The van der Waals surface area contributed by atoms with Gasteiger partial charge in [-0.25, -0.2) is 4.79 Å². The molecule has 0 aromatic heterocycles. The molecule has 0 radical (unpaired) electrons. The summed E-state index contributed by atoms with van der Waals surface area (Å²) >= 11 is 0. The van der Waals surface area contributed by atoms with Crippen LogP contribution >= 0.6 is 0 Å². The summed E-state index contributed by atoms with van der Waals surface area (Å²) in [6.07, 6.45) is 10.1. The molecule has 1 heterocycles. The molecule has 2 amide bonds. The third kappa shape index (κ3) is 8.79. The third-order valence-corrected chi connectivity index (χ3v) is 3.62. The highest BCUT2D eigenvalue weighted by Gasteiger charge is 2.35. The number of carboxylic acids is 1. The highest BCUT2D eigenvalue weighted by Crippen LogP contribution is 2.16. The zero-order valence-corrected chi connectivity index (χ0v) is 14.3. The maximum Gasteiger partial charge on any atom is 0.326 e. The summed E-state index contributed by atoms with van der Waals surface area (Å²) < 4.78 is 0. The lowest BCUT2D eigenvalue weighted by Gasteiger charge is -2.22. The first-order valence-electron chi connectivity index (χ1n) is 8.49. The average molecular weight is 343 g/mol. The van der Waals surface area contributed by atoms with E-state index in [9.17, 15) is 14.4 Å². The predicted octanol–water partition coefficient (Wildman–Crippen LogP) is 1.48. The Morgan fingerprint density at radius 2 is 1.42 bits per heavy atom. The zero-order valence-electron chi connectivity index (χ0n) is 14.3. The molecule has 1 aliphatic heterocycles. The van der Waals surface area contributed by atoms with Crippen molar-refractivity contribution in [2.45, 2.75) is 64.3 Å².